The van der Waals surface area contributed by atoms with E-state index in [2.05, 4.69) is 10.1 Å². The molecule has 0 bridgehead atoms. The fraction of sp³-hybridized carbons (Fsp3) is 0.700. The summed E-state index contributed by atoms with van der Waals surface area (Å²) in [6.07, 6.45) is 0.504. The maximum Gasteiger partial charge on any atom is 0.329 e. The minimum Gasteiger partial charge on any atom is -0.449 e. The van der Waals surface area contributed by atoms with E-state index in [1.165, 1.54) is 6.92 Å². The van der Waals surface area contributed by atoms with Crippen LogP contribution in [0, 0.1) is 17.2 Å². The Labute approximate surface area is 89.4 Å². The first-order valence-electron chi connectivity index (χ1n) is 4.78. The largest absolute Gasteiger partial charge is 0.449 e. The summed E-state index contributed by atoms with van der Waals surface area (Å²) in [7, 11) is 0. The zero-order valence-electron chi connectivity index (χ0n) is 9.24. The predicted molar refractivity (Wildman–Crippen MR) is 53.6 cm³/mol. The molecule has 0 saturated heterocycles. The van der Waals surface area contributed by atoms with Gasteiger partial charge in [-0.3, -0.25) is 4.79 Å². The smallest absolute Gasteiger partial charge is 0.329 e. The van der Waals surface area contributed by atoms with Crippen molar-refractivity contribution in [2.24, 2.45) is 5.92 Å². The standard InChI is InChI=1S/C10H16N2O3/c1-7(2)6-9(12-8(3)13)10(14)15-5-4-11/h7,9H,5-6H2,1-3H3,(H,12,13)/t9-/m0/s1. The van der Waals surface area contributed by atoms with Crippen molar-refractivity contribution in [3.63, 3.8) is 0 Å². The summed E-state index contributed by atoms with van der Waals surface area (Å²) in [6, 6.07) is 1.05. The average molecular weight is 212 g/mol. The Balaban J connectivity index is 4.28. The number of carbonyl (C=O) groups excluding carboxylic acids is 2. The number of nitrogens with one attached hydrogen (secondary N) is 1. The highest BCUT2D eigenvalue weighted by Crippen LogP contribution is 2.06. The van der Waals surface area contributed by atoms with Crippen LogP contribution in [0.1, 0.15) is 27.2 Å². The lowest BCUT2D eigenvalue weighted by Crippen LogP contribution is -2.41. The molecule has 0 aliphatic rings. The topological polar surface area (TPSA) is 79.2 Å². The van der Waals surface area contributed by atoms with Crippen molar-refractivity contribution in [2.45, 2.75) is 33.2 Å². The fourth-order valence-electron chi connectivity index (χ4n) is 1.13. The molecule has 0 unspecified atom stereocenters. The third-order valence-electron chi connectivity index (χ3n) is 1.65. The first kappa shape index (κ1) is 13.4. The Morgan fingerprint density at radius 2 is 2.07 bits per heavy atom. The van der Waals surface area contributed by atoms with Crippen LogP contribution in [-0.4, -0.2) is 24.5 Å². The van der Waals surface area contributed by atoms with E-state index < -0.39 is 12.0 Å². The number of rotatable bonds is 5. The fourth-order valence-corrected chi connectivity index (χ4v) is 1.13. The van der Waals surface area contributed by atoms with Gasteiger partial charge in [0.25, 0.3) is 0 Å². The number of hydrogen-bond acceptors (Lipinski definition) is 4. The Morgan fingerprint density at radius 1 is 1.47 bits per heavy atom. The van der Waals surface area contributed by atoms with Crippen LogP contribution in [0.3, 0.4) is 0 Å². The number of nitrogens with zero attached hydrogens (tertiary/aromatic N) is 1. The van der Waals surface area contributed by atoms with Crippen LogP contribution < -0.4 is 5.32 Å². The van der Waals surface area contributed by atoms with Gasteiger partial charge in [-0.2, -0.15) is 5.26 Å². The molecule has 15 heavy (non-hydrogen) atoms. The van der Waals surface area contributed by atoms with Crippen molar-refractivity contribution in [3.05, 3.63) is 0 Å². The number of carbonyl (C=O) groups is 2. The summed E-state index contributed by atoms with van der Waals surface area (Å²) in [5, 5.41) is 10.7. The number of ether oxygens (including phenoxy) is 1. The van der Waals surface area contributed by atoms with E-state index >= 15 is 0 Å². The van der Waals surface area contributed by atoms with Gasteiger partial charge >= 0.3 is 5.97 Å². The molecule has 0 aliphatic carbocycles. The van der Waals surface area contributed by atoms with E-state index in [0.29, 0.717) is 6.42 Å². The first-order valence-corrected chi connectivity index (χ1v) is 4.78. The molecule has 0 radical (unpaired) electrons. The lowest BCUT2D eigenvalue weighted by molar-refractivity contribution is -0.146. The van der Waals surface area contributed by atoms with E-state index in [1.54, 1.807) is 6.07 Å². The summed E-state index contributed by atoms with van der Waals surface area (Å²) in [5.41, 5.74) is 0. The molecule has 0 rings (SSSR count). The van der Waals surface area contributed by atoms with Crippen LogP contribution in [0.4, 0.5) is 0 Å². The van der Waals surface area contributed by atoms with Crippen LogP contribution in [0.2, 0.25) is 0 Å². The molecular formula is C10H16N2O3. The third-order valence-corrected chi connectivity index (χ3v) is 1.65. The number of nitriles is 1. The molecule has 0 aromatic rings. The Morgan fingerprint density at radius 3 is 2.47 bits per heavy atom. The normalized spacial score (nSPS) is 11.7. The van der Waals surface area contributed by atoms with Gasteiger partial charge < -0.3 is 10.1 Å². The minimum atomic E-state index is -0.657. The van der Waals surface area contributed by atoms with Crippen LogP contribution in [-0.2, 0) is 14.3 Å². The van der Waals surface area contributed by atoms with Crippen molar-refractivity contribution in [1.82, 2.24) is 5.32 Å². The zero-order chi connectivity index (χ0) is 11.8. The molecule has 5 nitrogen and oxygen atoms in total. The first-order chi connectivity index (χ1) is 6.97. The summed E-state index contributed by atoms with van der Waals surface area (Å²) in [6.45, 7) is 4.93. The minimum absolute atomic E-state index is 0.261. The van der Waals surface area contributed by atoms with E-state index in [4.69, 9.17) is 5.26 Å². The predicted octanol–water partition coefficient (Wildman–Crippen LogP) is 0.604. The molecule has 0 aliphatic heterocycles. The maximum absolute atomic E-state index is 11.4. The molecule has 0 saturated carbocycles. The Bertz CT molecular complexity index is 268. The number of hydrogen-bond donors (Lipinski definition) is 1. The van der Waals surface area contributed by atoms with Crippen LogP contribution in [0.5, 0.6) is 0 Å². The molecule has 0 aromatic carbocycles. The quantitative estimate of drug-likeness (QED) is 0.677. The highest BCUT2D eigenvalue weighted by Gasteiger charge is 2.21. The van der Waals surface area contributed by atoms with Gasteiger partial charge in [0.2, 0.25) is 5.91 Å². The zero-order valence-corrected chi connectivity index (χ0v) is 9.24. The molecule has 1 amide bonds. The summed E-state index contributed by atoms with van der Waals surface area (Å²) >= 11 is 0. The highest BCUT2D eigenvalue weighted by atomic mass is 16.5. The maximum atomic E-state index is 11.4. The molecule has 1 N–H and O–H groups in total. The molecule has 0 spiro atoms. The van der Waals surface area contributed by atoms with Gasteiger partial charge in [-0.05, 0) is 12.3 Å². The Hall–Kier alpha value is -1.57. The molecule has 0 fully saturated rings. The summed E-state index contributed by atoms with van der Waals surface area (Å²) in [5.74, 6) is -0.577. The number of amides is 1. The lowest BCUT2D eigenvalue weighted by Gasteiger charge is -2.17. The molecule has 84 valence electrons. The molecule has 0 heterocycles. The van der Waals surface area contributed by atoms with Crippen molar-refractivity contribution in [1.29, 1.82) is 5.26 Å². The highest BCUT2D eigenvalue weighted by molar-refractivity contribution is 5.83. The molecular weight excluding hydrogens is 196 g/mol. The monoisotopic (exact) mass is 212 g/mol. The second-order valence-corrected chi connectivity index (χ2v) is 3.65. The van der Waals surface area contributed by atoms with Crippen LogP contribution >= 0.6 is 0 Å². The van der Waals surface area contributed by atoms with Crippen molar-refractivity contribution >= 4 is 11.9 Å². The van der Waals surface area contributed by atoms with Crippen molar-refractivity contribution in [2.75, 3.05) is 6.61 Å². The van der Waals surface area contributed by atoms with Crippen LogP contribution in [0.15, 0.2) is 0 Å². The summed E-state index contributed by atoms with van der Waals surface area (Å²) < 4.78 is 4.64. The van der Waals surface area contributed by atoms with E-state index in [-0.39, 0.29) is 18.4 Å². The van der Waals surface area contributed by atoms with Crippen LogP contribution in [0.25, 0.3) is 0 Å². The molecule has 5 heteroatoms. The van der Waals surface area contributed by atoms with Gasteiger partial charge in [0, 0.05) is 6.92 Å². The van der Waals surface area contributed by atoms with Crippen molar-refractivity contribution < 1.29 is 14.3 Å². The van der Waals surface area contributed by atoms with Gasteiger partial charge in [-0.1, -0.05) is 13.8 Å². The Kier molecular flexibility index (Phi) is 6.11. The van der Waals surface area contributed by atoms with Crippen molar-refractivity contribution in [3.8, 4) is 6.07 Å². The van der Waals surface area contributed by atoms with Gasteiger partial charge in [0.05, 0.1) is 0 Å². The summed E-state index contributed by atoms with van der Waals surface area (Å²) in [4.78, 5) is 22.2. The lowest BCUT2D eigenvalue weighted by atomic mass is 10.0. The third kappa shape index (κ3) is 6.49. The second-order valence-electron chi connectivity index (χ2n) is 3.65. The molecule has 1 atom stereocenters. The van der Waals surface area contributed by atoms with E-state index in [0.717, 1.165) is 0 Å². The van der Waals surface area contributed by atoms with E-state index in [9.17, 15) is 9.59 Å². The van der Waals surface area contributed by atoms with Gasteiger partial charge in [-0.25, -0.2) is 4.79 Å². The van der Waals surface area contributed by atoms with Gasteiger partial charge in [0.1, 0.15) is 12.1 Å². The second kappa shape index (κ2) is 6.82. The average Bonchev–Trinajstić information content (AvgIpc) is 2.11. The number of esters is 1. The van der Waals surface area contributed by atoms with Gasteiger partial charge in [0.15, 0.2) is 6.61 Å². The SMILES string of the molecule is CC(=O)N[C@@H](CC(C)C)C(=O)OCC#N. The molecule has 0 aromatic heterocycles. The van der Waals surface area contributed by atoms with Gasteiger partial charge in [-0.15, -0.1) is 0 Å². The van der Waals surface area contributed by atoms with E-state index in [1.807, 2.05) is 13.8 Å².